The first-order valence-corrected chi connectivity index (χ1v) is 8.36. The molecule has 2 N–H and O–H groups in total. The lowest BCUT2D eigenvalue weighted by molar-refractivity contribution is 0.405. The average Bonchev–Trinajstić information content (AvgIpc) is 2.58. The molecule has 0 aliphatic heterocycles. The lowest BCUT2D eigenvalue weighted by Gasteiger charge is -2.25. The van der Waals surface area contributed by atoms with E-state index >= 15 is 0 Å². The Kier molecular flexibility index (Phi) is 6.57. The molecule has 0 saturated carbocycles. The summed E-state index contributed by atoms with van der Waals surface area (Å²) in [5.41, 5.74) is 3.50. The van der Waals surface area contributed by atoms with Crippen LogP contribution >= 0.6 is 8.25 Å². The zero-order valence-corrected chi connectivity index (χ0v) is 13.4. The normalized spacial score (nSPS) is 9.87. The van der Waals surface area contributed by atoms with Gasteiger partial charge in [0.2, 0.25) is 0 Å². The van der Waals surface area contributed by atoms with E-state index in [9.17, 15) is 0 Å². The van der Waals surface area contributed by atoms with E-state index in [1.807, 2.05) is 18.2 Å². The first kappa shape index (κ1) is 17.0. The van der Waals surface area contributed by atoms with Gasteiger partial charge in [-0.1, -0.05) is 54.6 Å². The standard InChI is InChI=1S/C18H15N.H3O3P/c1-4-10-16(11-5-1)19(17-12-6-2-7-13-17)18-14-8-3-9-15-18;1-4(2)3/h1-15H;4H,(H2,1,2,3). The van der Waals surface area contributed by atoms with Crippen molar-refractivity contribution >= 4 is 25.3 Å². The fourth-order valence-corrected chi connectivity index (χ4v) is 2.18. The van der Waals surface area contributed by atoms with Crippen LogP contribution in [0, 0.1) is 0 Å². The quantitative estimate of drug-likeness (QED) is 0.695. The molecular formula is C18H18NO3P. The molecule has 0 fully saturated rings. The predicted octanol–water partition coefficient (Wildman–Crippen LogP) is 4.52. The highest BCUT2D eigenvalue weighted by Gasteiger charge is 2.10. The SMILES string of the molecule is O=[PH](O)O.c1ccc(N(c2ccccc2)c2ccccc2)cc1. The monoisotopic (exact) mass is 327 g/mol. The summed E-state index contributed by atoms with van der Waals surface area (Å²) < 4.78 is 8.74. The maximum Gasteiger partial charge on any atom is 0.314 e. The van der Waals surface area contributed by atoms with Crippen LogP contribution in [-0.2, 0) is 4.57 Å². The van der Waals surface area contributed by atoms with Crippen LogP contribution in [0.2, 0.25) is 0 Å². The highest BCUT2D eigenvalue weighted by molar-refractivity contribution is 7.30. The second-order valence-electron chi connectivity index (χ2n) is 4.62. The Hall–Kier alpha value is -2.39. The molecule has 0 bridgehead atoms. The summed E-state index contributed by atoms with van der Waals surface area (Å²) in [5, 5.41) is 0. The van der Waals surface area contributed by atoms with Crippen molar-refractivity contribution in [2.75, 3.05) is 4.90 Å². The van der Waals surface area contributed by atoms with Crippen molar-refractivity contribution in [1.29, 1.82) is 0 Å². The van der Waals surface area contributed by atoms with Gasteiger partial charge in [-0.25, -0.2) is 0 Å². The number of benzene rings is 3. The number of nitrogens with zero attached hydrogens (tertiary/aromatic N) is 1. The molecule has 0 heterocycles. The van der Waals surface area contributed by atoms with Gasteiger partial charge in [0.25, 0.3) is 0 Å². The van der Waals surface area contributed by atoms with Gasteiger partial charge in [-0.05, 0) is 36.4 Å². The Labute approximate surface area is 136 Å². The van der Waals surface area contributed by atoms with Crippen molar-refractivity contribution in [3.8, 4) is 0 Å². The highest BCUT2D eigenvalue weighted by Crippen LogP contribution is 2.33. The van der Waals surface area contributed by atoms with Crippen molar-refractivity contribution in [3.05, 3.63) is 91.0 Å². The van der Waals surface area contributed by atoms with E-state index in [0.717, 1.165) is 0 Å². The molecule has 4 nitrogen and oxygen atoms in total. The van der Waals surface area contributed by atoms with Crippen molar-refractivity contribution in [1.82, 2.24) is 0 Å². The second kappa shape index (κ2) is 8.91. The molecule has 0 radical (unpaired) electrons. The van der Waals surface area contributed by atoms with Gasteiger partial charge in [-0.15, -0.1) is 0 Å². The van der Waals surface area contributed by atoms with Crippen LogP contribution in [0.4, 0.5) is 17.1 Å². The first-order chi connectivity index (χ1) is 11.2. The summed E-state index contributed by atoms with van der Waals surface area (Å²) in [7, 11) is -3.13. The molecule has 3 aromatic rings. The zero-order valence-electron chi connectivity index (χ0n) is 12.4. The van der Waals surface area contributed by atoms with Crippen LogP contribution in [-0.4, -0.2) is 9.79 Å². The summed E-state index contributed by atoms with van der Waals surface area (Å²) >= 11 is 0. The highest BCUT2D eigenvalue weighted by atomic mass is 31.1. The summed E-state index contributed by atoms with van der Waals surface area (Å²) in [6.45, 7) is 0. The minimum atomic E-state index is -3.13. The molecule has 3 aromatic carbocycles. The van der Waals surface area contributed by atoms with E-state index in [1.165, 1.54) is 17.1 Å². The Bertz CT molecular complexity index is 623. The van der Waals surface area contributed by atoms with Crippen LogP contribution in [0.1, 0.15) is 0 Å². The van der Waals surface area contributed by atoms with Gasteiger partial charge in [-0.3, -0.25) is 4.57 Å². The van der Waals surface area contributed by atoms with Crippen LogP contribution < -0.4 is 4.90 Å². The van der Waals surface area contributed by atoms with Gasteiger partial charge in [0.1, 0.15) is 0 Å². The molecule has 0 saturated heterocycles. The number of rotatable bonds is 3. The third-order valence-electron chi connectivity index (χ3n) is 3.04. The Morgan fingerprint density at radius 2 is 0.783 bits per heavy atom. The summed E-state index contributed by atoms with van der Waals surface area (Å²) in [5.74, 6) is 0. The summed E-state index contributed by atoms with van der Waals surface area (Å²) in [6, 6.07) is 31.3. The Balaban J connectivity index is 0.000000433. The van der Waals surface area contributed by atoms with E-state index in [0.29, 0.717) is 0 Å². The molecule has 0 atom stereocenters. The van der Waals surface area contributed by atoms with E-state index in [4.69, 9.17) is 14.4 Å². The molecule has 0 aromatic heterocycles. The smallest absolute Gasteiger partial charge is 0.314 e. The molecule has 5 heteroatoms. The van der Waals surface area contributed by atoms with Gasteiger partial charge in [0.05, 0.1) is 0 Å². The van der Waals surface area contributed by atoms with E-state index < -0.39 is 8.25 Å². The zero-order chi connectivity index (χ0) is 16.5. The summed E-state index contributed by atoms with van der Waals surface area (Å²) in [4.78, 5) is 16.6. The van der Waals surface area contributed by atoms with Crippen molar-refractivity contribution < 1.29 is 14.4 Å². The molecule has 0 spiro atoms. The fraction of sp³-hybridized carbons (Fsp3) is 0. The minimum absolute atomic E-state index is 1.17. The Morgan fingerprint density at radius 3 is 1.00 bits per heavy atom. The van der Waals surface area contributed by atoms with Crippen LogP contribution in [0.3, 0.4) is 0 Å². The molecule has 23 heavy (non-hydrogen) atoms. The van der Waals surface area contributed by atoms with Crippen LogP contribution in [0.25, 0.3) is 0 Å². The average molecular weight is 327 g/mol. The van der Waals surface area contributed by atoms with Crippen LogP contribution in [0.5, 0.6) is 0 Å². The van der Waals surface area contributed by atoms with E-state index in [2.05, 4.69) is 77.7 Å². The lowest BCUT2D eigenvalue weighted by Crippen LogP contribution is -2.09. The van der Waals surface area contributed by atoms with Crippen molar-refractivity contribution in [3.63, 3.8) is 0 Å². The maximum atomic E-state index is 8.74. The second-order valence-corrected chi connectivity index (χ2v) is 5.19. The number of hydrogen-bond donors (Lipinski definition) is 2. The first-order valence-electron chi connectivity index (χ1n) is 7.05. The third kappa shape index (κ3) is 5.38. The Morgan fingerprint density at radius 1 is 0.565 bits per heavy atom. The van der Waals surface area contributed by atoms with Crippen molar-refractivity contribution in [2.45, 2.75) is 0 Å². The van der Waals surface area contributed by atoms with Gasteiger partial charge in [0, 0.05) is 17.1 Å². The summed E-state index contributed by atoms with van der Waals surface area (Å²) in [6.07, 6.45) is 0. The lowest BCUT2D eigenvalue weighted by atomic mass is 10.2. The largest absolute Gasteiger partial charge is 0.326 e. The molecule has 0 aliphatic carbocycles. The molecule has 118 valence electrons. The van der Waals surface area contributed by atoms with E-state index in [1.54, 1.807) is 0 Å². The number of hydrogen-bond acceptors (Lipinski definition) is 2. The number of para-hydroxylation sites is 3. The fourth-order valence-electron chi connectivity index (χ4n) is 2.18. The van der Waals surface area contributed by atoms with Gasteiger partial charge in [0.15, 0.2) is 0 Å². The topological polar surface area (TPSA) is 60.8 Å². The predicted molar refractivity (Wildman–Crippen MR) is 94.6 cm³/mol. The van der Waals surface area contributed by atoms with Gasteiger partial charge in [-0.2, -0.15) is 0 Å². The maximum absolute atomic E-state index is 8.74. The third-order valence-corrected chi connectivity index (χ3v) is 3.04. The van der Waals surface area contributed by atoms with Crippen LogP contribution in [0.15, 0.2) is 91.0 Å². The van der Waals surface area contributed by atoms with Gasteiger partial charge < -0.3 is 14.7 Å². The molecule has 0 aliphatic rings. The molecule has 0 amide bonds. The number of anilines is 3. The van der Waals surface area contributed by atoms with Crippen molar-refractivity contribution in [2.24, 2.45) is 0 Å². The minimum Gasteiger partial charge on any atom is -0.326 e. The molecular weight excluding hydrogens is 309 g/mol. The van der Waals surface area contributed by atoms with E-state index in [-0.39, 0.29) is 0 Å². The van der Waals surface area contributed by atoms with Gasteiger partial charge >= 0.3 is 8.25 Å². The molecule has 3 rings (SSSR count). The molecule has 0 unspecified atom stereocenters.